The fraction of sp³-hybridized carbons (Fsp3) is 0.414. The smallest absolute Gasteiger partial charge is 0.258 e. The molecule has 0 saturated carbocycles. The maximum absolute atomic E-state index is 13.4. The summed E-state index contributed by atoms with van der Waals surface area (Å²) in [6, 6.07) is 8.50. The molecule has 5 nitrogen and oxygen atoms in total. The average molecular weight is 509 g/mol. The van der Waals surface area contributed by atoms with Crippen molar-refractivity contribution in [3.05, 3.63) is 65.2 Å². The Kier molecular flexibility index (Phi) is 7.17. The molecule has 0 atom stereocenters. The molecular formula is C29H37FN2O3Si. The van der Waals surface area contributed by atoms with Crippen LogP contribution in [0.2, 0.25) is 16.6 Å². The SMILES string of the molecule is CC(C)[Si](Oc1c2ncc(Cc3ccc(F)cc3)cc2c(CO)c2cn(C)c(O)c12)(C(C)C)C(C)C. The van der Waals surface area contributed by atoms with Gasteiger partial charge in [-0.15, -0.1) is 0 Å². The van der Waals surface area contributed by atoms with Gasteiger partial charge in [-0.25, -0.2) is 4.39 Å². The third-order valence-corrected chi connectivity index (χ3v) is 13.6. The van der Waals surface area contributed by atoms with Crippen molar-refractivity contribution >= 4 is 30.0 Å². The number of halogens is 1. The predicted octanol–water partition coefficient (Wildman–Crippen LogP) is 7.21. The zero-order valence-electron chi connectivity index (χ0n) is 22.3. The maximum atomic E-state index is 13.4. The fourth-order valence-electron chi connectivity index (χ4n) is 5.99. The molecule has 0 aliphatic carbocycles. The number of hydrogen-bond acceptors (Lipinski definition) is 4. The highest BCUT2D eigenvalue weighted by Gasteiger charge is 2.48. The van der Waals surface area contributed by atoms with Crippen molar-refractivity contribution in [2.24, 2.45) is 7.05 Å². The second kappa shape index (κ2) is 9.86. The highest BCUT2D eigenvalue weighted by atomic mass is 28.4. The summed E-state index contributed by atoms with van der Waals surface area (Å²) in [4.78, 5) is 4.86. The largest absolute Gasteiger partial charge is 0.541 e. The lowest BCUT2D eigenvalue weighted by molar-refractivity contribution is 0.285. The minimum atomic E-state index is -2.38. The van der Waals surface area contributed by atoms with E-state index >= 15 is 0 Å². The Labute approximate surface area is 213 Å². The first-order valence-corrected chi connectivity index (χ1v) is 14.8. The zero-order valence-corrected chi connectivity index (χ0v) is 23.3. The van der Waals surface area contributed by atoms with Crippen LogP contribution in [0.4, 0.5) is 4.39 Å². The normalized spacial score (nSPS) is 12.6. The van der Waals surface area contributed by atoms with Gasteiger partial charge in [-0.3, -0.25) is 4.98 Å². The number of benzene rings is 2. The Morgan fingerprint density at radius 3 is 2.14 bits per heavy atom. The molecular weight excluding hydrogens is 471 g/mol. The molecule has 0 saturated heterocycles. The van der Waals surface area contributed by atoms with Gasteiger partial charge in [0.15, 0.2) is 0 Å². The lowest BCUT2D eigenvalue weighted by atomic mass is 9.98. The fourth-order valence-corrected chi connectivity index (χ4v) is 11.2. The Balaban J connectivity index is 2.00. The number of aryl methyl sites for hydroxylation is 1. The predicted molar refractivity (Wildman–Crippen MR) is 147 cm³/mol. The molecule has 0 amide bonds. The number of hydrogen-bond donors (Lipinski definition) is 2. The van der Waals surface area contributed by atoms with E-state index in [9.17, 15) is 14.6 Å². The van der Waals surface area contributed by atoms with Crippen LogP contribution in [0.15, 0.2) is 42.7 Å². The van der Waals surface area contributed by atoms with Gasteiger partial charge in [0.2, 0.25) is 5.88 Å². The number of aromatic hydroxyl groups is 1. The standard InChI is InChI=1S/C29H37FN2O3Si/c1-17(2)36(18(3)4,19(5)6)35-28-26-24(15-32(7)29(26)34)25(16-33)23-13-21(14-31-27(23)28)12-20-8-10-22(30)11-9-20/h8-11,13-15,17-19,33-34H,12,16H2,1-7H3. The molecule has 0 unspecified atom stereocenters. The molecule has 0 aliphatic heterocycles. The molecule has 0 spiro atoms. The number of aliphatic hydroxyl groups is 1. The summed E-state index contributed by atoms with van der Waals surface area (Å²) in [6.45, 7) is 13.2. The molecule has 192 valence electrons. The maximum Gasteiger partial charge on any atom is 0.258 e. The van der Waals surface area contributed by atoms with Crippen LogP contribution in [-0.4, -0.2) is 28.1 Å². The van der Waals surface area contributed by atoms with Crippen LogP contribution in [0.1, 0.15) is 58.2 Å². The van der Waals surface area contributed by atoms with Gasteiger partial charge in [0.25, 0.3) is 8.32 Å². The number of aromatic nitrogens is 2. The van der Waals surface area contributed by atoms with Gasteiger partial charge in [0.1, 0.15) is 17.1 Å². The van der Waals surface area contributed by atoms with E-state index in [1.54, 1.807) is 23.7 Å². The van der Waals surface area contributed by atoms with Gasteiger partial charge in [-0.05, 0) is 57.9 Å². The molecule has 2 aromatic heterocycles. The number of nitrogens with zero attached hydrogens (tertiary/aromatic N) is 2. The molecule has 4 aromatic rings. The van der Waals surface area contributed by atoms with E-state index in [-0.39, 0.29) is 18.3 Å². The van der Waals surface area contributed by atoms with Crippen LogP contribution in [-0.2, 0) is 20.1 Å². The summed E-state index contributed by atoms with van der Waals surface area (Å²) in [5.41, 5.74) is 4.30. The number of rotatable bonds is 8. The number of aliphatic hydroxyl groups excluding tert-OH is 1. The van der Waals surface area contributed by atoms with Crippen molar-refractivity contribution in [1.29, 1.82) is 0 Å². The van der Waals surface area contributed by atoms with E-state index in [4.69, 9.17) is 9.41 Å². The van der Waals surface area contributed by atoms with Crippen LogP contribution in [0, 0.1) is 5.82 Å². The first kappa shape index (κ1) is 26.2. The van der Waals surface area contributed by atoms with E-state index in [0.717, 1.165) is 21.9 Å². The molecule has 36 heavy (non-hydrogen) atoms. The van der Waals surface area contributed by atoms with E-state index in [1.807, 2.05) is 18.5 Å². The van der Waals surface area contributed by atoms with Crippen LogP contribution >= 0.6 is 0 Å². The molecule has 0 aliphatic rings. The Hall–Kier alpha value is -2.90. The Morgan fingerprint density at radius 2 is 1.58 bits per heavy atom. The first-order chi connectivity index (χ1) is 17.0. The quantitative estimate of drug-likeness (QED) is 0.247. The molecule has 2 aromatic carbocycles. The zero-order chi connectivity index (χ0) is 26.4. The summed E-state index contributed by atoms with van der Waals surface area (Å²) in [6.07, 6.45) is 4.25. The van der Waals surface area contributed by atoms with Gasteiger partial charge in [-0.2, -0.15) is 0 Å². The van der Waals surface area contributed by atoms with Gasteiger partial charge in [-0.1, -0.05) is 53.7 Å². The van der Waals surface area contributed by atoms with Crippen molar-refractivity contribution < 1.29 is 19.0 Å². The second-order valence-corrected chi connectivity index (χ2v) is 16.2. The third kappa shape index (κ3) is 4.28. The first-order valence-electron chi connectivity index (χ1n) is 12.7. The van der Waals surface area contributed by atoms with Crippen molar-refractivity contribution in [3.8, 4) is 11.6 Å². The molecule has 2 N–H and O–H groups in total. The lowest BCUT2D eigenvalue weighted by Crippen LogP contribution is -2.50. The molecule has 0 bridgehead atoms. The van der Waals surface area contributed by atoms with E-state index in [0.29, 0.717) is 45.3 Å². The Morgan fingerprint density at radius 1 is 0.972 bits per heavy atom. The summed E-state index contributed by atoms with van der Waals surface area (Å²) in [7, 11) is -0.594. The van der Waals surface area contributed by atoms with Crippen molar-refractivity contribution in [1.82, 2.24) is 9.55 Å². The summed E-state index contributed by atoms with van der Waals surface area (Å²) in [5.74, 6) is 0.443. The van der Waals surface area contributed by atoms with E-state index in [2.05, 4.69) is 41.5 Å². The molecule has 4 rings (SSSR count). The number of fused-ring (bicyclic) bond motifs is 2. The topological polar surface area (TPSA) is 67.5 Å². The summed E-state index contributed by atoms with van der Waals surface area (Å²) in [5, 5.41) is 23.7. The van der Waals surface area contributed by atoms with Crippen molar-refractivity contribution in [2.75, 3.05) is 0 Å². The summed E-state index contributed by atoms with van der Waals surface area (Å²) < 4.78 is 22.2. The van der Waals surface area contributed by atoms with Gasteiger partial charge in [0.05, 0.1) is 12.0 Å². The molecule has 7 heteroatoms. The molecule has 0 fully saturated rings. The van der Waals surface area contributed by atoms with Crippen LogP contribution in [0.5, 0.6) is 11.6 Å². The minimum Gasteiger partial charge on any atom is -0.541 e. The molecule has 0 radical (unpaired) electrons. The number of pyridine rings is 1. The van der Waals surface area contributed by atoms with Gasteiger partial charge in [0, 0.05) is 30.2 Å². The van der Waals surface area contributed by atoms with Crippen LogP contribution < -0.4 is 4.43 Å². The highest BCUT2D eigenvalue weighted by Crippen LogP contribution is 2.49. The van der Waals surface area contributed by atoms with E-state index in [1.165, 1.54) is 12.1 Å². The Bertz CT molecular complexity index is 1370. The highest BCUT2D eigenvalue weighted by molar-refractivity contribution is 6.78. The average Bonchev–Trinajstić information content (AvgIpc) is 3.11. The molecule has 2 heterocycles. The second-order valence-electron chi connectivity index (χ2n) is 10.8. The minimum absolute atomic E-state index is 0.105. The van der Waals surface area contributed by atoms with E-state index < -0.39 is 8.32 Å². The monoisotopic (exact) mass is 508 g/mol. The summed E-state index contributed by atoms with van der Waals surface area (Å²) >= 11 is 0. The van der Waals surface area contributed by atoms with Crippen LogP contribution in [0.25, 0.3) is 21.7 Å². The lowest BCUT2D eigenvalue weighted by Gasteiger charge is -2.42. The third-order valence-electron chi connectivity index (χ3n) is 7.65. The van der Waals surface area contributed by atoms with Gasteiger partial charge < -0.3 is 19.2 Å². The van der Waals surface area contributed by atoms with Gasteiger partial charge >= 0.3 is 0 Å². The van der Waals surface area contributed by atoms with Crippen molar-refractivity contribution in [3.63, 3.8) is 0 Å². The van der Waals surface area contributed by atoms with Crippen molar-refractivity contribution in [2.45, 2.75) is 71.2 Å². The van der Waals surface area contributed by atoms with Crippen LogP contribution in [0.3, 0.4) is 0 Å².